The van der Waals surface area contributed by atoms with E-state index >= 15 is 0 Å². The molecule has 0 radical (unpaired) electrons. The number of rotatable bonds is 8. The van der Waals surface area contributed by atoms with Crippen molar-refractivity contribution in [2.45, 2.75) is 44.8 Å². The molecule has 0 spiro atoms. The number of amides is 1. The van der Waals surface area contributed by atoms with E-state index in [1.54, 1.807) is 19.1 Å². The summed E-state index contributed by atoms with van der Waals surface area (Å²) in [5.74, 6) is 0. The van der Waals surface area contributed by atoms with Gasteiger partial charge in [-0.05, 0) is 33.6 Å². The van der Waals surface area contributed by atoms with Crippen LogP contribution in [0.25, 0.3) is 0 Å². The van der Waals surface area contributed by atoms with Crippen LogP contribution in [0, 0.1) is 0 Å². The molecule has 1 saturated heterocycles. The predicted molar refractivity (Wildman–Crippen MR) is 92.2 cm³/mol. The van der Waals surface area contributed by atoms with Crippen LogP contribution in [0.3, 0.4) is 0 Å². The van der Waals surface area contributed by atoms with E-state index < -0.39 is 11.2 Å². The molecule has 0 aliphatic carbocycles. The summed E-state index contributed by atoms with van der Waals surface area (Å²) in [6.07, 6.45) is 0.783. The summed E-state index contributed by atoms with van der Waals surface area (Å²) in [5.41, 5.74) is -1.29. The Bertz CT molecular complexity index is 368. The minimum Gasteiger partial charge on any atom is -0.444 e. The molecule has 0 aromatic rings. The van der Waals surface area contributed by atoms with Crippen LogP contribution in [-0.2, 0) is 14.2 Å². The molecule has 0 bridgehead atoms. The van der Waals surface area contributed by atoms with Gasteiger partial charge in [0.25, 0.3) is 0 Å². The van der Waals surface area contributed by atoms with Crippen LogP contribution in [0.2, 0.25) is 0 Å². The van der Waals surface area contributed by atoms with Gasteiger partial charge >= 0.3 is 6.09 Å². The number of hydrogen-bond donors (Lipinski definition) is 1. The number of methoxy groups -OCH3 is 2. The zero-order chi connectivity index (χ0) is 18.2. The fourth-order valence-corrected chi connectivity index (χ4v) is 2.72. The molecule has 1 aliphatic heterocycles. The summed E-state index contributed by atoms with van der Waals surface area (Å²) in [4.78, 5) is 15.9. The van der Waals surface area contributed by atoms with E-state index in [2.05, 4.69) is 4.90 Å². The maximum atomic E-state index is 12.1. The minimum absolute atomic E-state index is 0.305. The number of carbonyl (C=O) groups excluding carboxylic acids is 1. The Kier molecular flexibility index (Phi) is 8.42. The highest BCUT2D eigenvalue weighted by molar-refractivity contribution is 5.68. The van der Waals surface area contributed by atoms with Gasteiger partial charge in [-0.1, -0.05) is 0 Å². The number of piperidine rings is 1. The molecule has 1 amide bonds. The molecule has 7 heteroatoms. The normalized spacial score (nSPS) is 18.0. The lowest BCUT2D eigenvalue weighted by Crippen LogP contribution is -2.53. The molecule has 1 aliphatic rings. The van der Waals surface area contributed by atoms with Crippen molar-refractivity contribution < 1.29 is 24.1 Å². The Morgan fingerprint density at radius 3 is 2.04 bits per heavy atom. The Morgan fingerprint density at radius 2 is 1.62 bits per heavy atom. The highest BCUT2D eigenvalue weighted by Crippen LogP contribution is 2.24. The molecule has 1 N–H and O–H groups in total. The average molecular weight is 346 g/mol. The highest BCUT2D eigenvalue weighted by Gasteiger charge is 2.36. The van der Waals surface area contributed by atoms with Gasteiger partial charge in [-0.3, -0.25) is 4.90 Å². The van der Waals surface area contributed by atoms with Crippen LogP contribution in [0.1, 0.15) is 33.6 Å². The molecule has 1 heterocycles. The van der Waals surface area contributed by atoms with Crippen LogP contribution in [0.15, 0.2) is 0 Å². The molecular formula is C17H34N2O5. The third-order valence-electron chi connectivity index (χ3n) is 4.09. The third kappa shape index (κ3) is 7.79. The second kappa shape index (κ2) is 9.56. The van der Waals surface area contributed by atoms with Gasteiger partial charge < -0.3 is 24.2 Å². The Labute approximate surface area is 145 Å². The van der Waals surface area contributed by atoms with E-state index in [0.29, 0.717) is 45.7 Å². The number of hydrogen-bond acceptors (Lipinski definition) is 6. The summed E-state index contributed by atoms with van der Waals surface area (Å²) < 4.78 is 15.7. The molecule has 7 nitrogen and oxygen atoms in total. The van der Waals surface area contributed by atoms with Gasteiger partial charge in [-0.2, -0.15) is 0 Å². The molecule has 0 aromatic heterocycles. The van der Waals surface area contributed by atoms with Crippen LogP contribution in [0.5, 0.6) is 0 Å². The number of ether oxygens (including phenoxy) is 3. The lowest BCUT2D eigenvalue weighted by atomic mass is 9.91. The Hall–Kier alpha value is -0.890. The van der Waals surface area contributed by atoms with Gasteiger partial charge in [0, 0.05) is 46.9 Å². The second-order valence-corrected chi connectivity index (χ2v) is 7.45. The van der Waals surface area contributed by atoms with Crippen LogP contribution >= 0.6 is 0 Å². The first-order valence-electron chi connectivity index (χ1n) is 8.60. The van der Waals surface area contributed by atoms with E-state index in [-0.39, 0.29) is 6.09 Å². The molecular weight excluding hydrogens is 312 g/mol. The third-order valence-corrected chi connectivity index (χ3v) is 4.09. The number of nitrogens with zero attached hydrogens (tertiary/aromatic N) is 2. The van der Waals surface area contributed by atoms with E-state index in [4.69, 9.17) is 14.2 Å². The summed E-state index contributed by atoms with van der Waals surface area (Å²) in [6.45, 7) is 9.87. The zero-order valence-corrected chi connectivity index (χ0v) is 15.8. The minimum atomic E-state index is -0.792. The van der Waals surface area contributed by atoms with Gasteiger partial charge in [0.2, 0.25) is 0 Å². The van der Waals surface area contributed by atoms with Gasteiger partial charge in [0.05, 0.1) is 18.8 Å². The highest BCUT2D eigenvalue weighted by atomic mass is 16.6. The molecule has 0 unspecified atom stereocenters. The van der Waals surface area contributed by atoms with Gasteiger partial charge in [-0.25, -0.2) is 4.79 Å². The van der Waals surface area contributed by atoms with E-state index in [0.717, 1.165) is 13.1 Å². The smallest absolute Gasteiger partial charge is 0.410 e. The molecule has 24 heavy (non-hydrogen) atoms. The summed E-state index contributed by atoms with van der Waals surface area (Å²) in [6, 6.07) is 0. The van der Waals surface area contributed by atoms with E-state index in [1.165, 1.54) is 0 Å². The van der Waals surface area contributed by atoms with Gasteiger partial charge in [-0.15, -0.1) is 0 Å². The number of likely N-dealkylation sites (tertiary alicyclic amines) is 1. The van der Waals surface area contributed by atoms with Crippen LogP contribution in [0.4, 0.5) is 4.79 Å². The fourth-order valence-electron chi connectivity index (χ4n) is 2.72. The van der Waals surface area contributed by atoms with Crippen molar-refractivity contribution in [3.63, 3.8) is 0 Å². The zero-order valence-electron chi connectivity index (χ0n) is 15.8. The topological polar surface area (TPSA) is 71.5 Å². The SMILES string of the molecule is COCCN(CCOC)CC1(O)CCN(C(=O)OC(C)(C)C)CC1. The van der Waals surface area contributed by atoms with Gasteiger partial charge in [0.15, 0.2) is 0 Å². The first-order valence-corrected chi connectivity index (χ1v) is 8.60. The second-order valence-electron chi connectivity index (χ2n) is 7.45. The summed E-state index contributed by atoms with van der Waals surface area (Å²) >= 11 is 0. The molecule has 0 saturated carbocycles. The van der Waals surface area contributed by atoms with Crippen molar-refractivity contribution in [2.75, 3.05) is 60.2 Å². The summed E-state index contributed by atoms with van der Waals surface area (Å²) in [7, 11) is 3.34. The van der Waals surface area contributed by atoms with Crippen molar-refractivity contribution in [3.05, 3.63) is 0 Å². The first kappa shape index (κ1) is 21.2. The van der Waals surface area contributed by atoms with Crippen LogP contribution < -0.4 is 0 Å². The maximum Gasteiger partial charge on any atom is 0.410 e. The van der Waals surface area contributed by atoms with Crippen molar-refractivity contribution in [2.24, 2.45) is 0 Å². The molecule has 142 valence electrons. The Morgan fingerprint density at radius 1 is 1.12 bits per heavy atom. The molecule has 1 fully saturated rings. The van der Waals surface area contributed by atoms with Crippen LogP contribution in [-0.4, -0.2) is 92.4 Å². The Balaban J connectivity index is 2.51. The summed E-state index contributed by atoms with van der Waals surface area (Å²) in [5, 5.41) is 10.9. The van der Waals surface area contributed by atoms with Crippen molar-refractivity contribution in [1.82, 2.24) is 9.80 Å². The largest absolute Gasteiger partial charge is 0.444 e. The van der Waals surface area contributed by atoms with Gasteiger partial charge in [0.1, 0.15) is 5.60 Å². The molecule has 0 aromatic carbocycles. The number of carbonyl (C=O) groups is 1. The van der Waals surface area contributed by atoms with Crippen molar-refractivity contribution in [1.29, 1.82) is 0 Å². The lowest BCUT2D eigenvalue weighted by molar-refractivity contribution is -0.0546. The standard InChI is InChI=1S/C17H34N2O5/c1-16(2,3)24-15(20)19-8-6-17(21,7-9-19)14-18(10-12-22-4)11-13-23-5/h21H,6-14H2,1-5H3. The average Bonchev–Trinajstić information content (AvgIpc) is 2.48. The monoisotopic (exact) mass is 346 g/mol. The predicted octanol–water partition coefficient (Wildman–Crippen LogP) is 1.34. The fraction of sp³-hybridized carbons (Fsp3) is 0.941. The van der Waals surface area contributed by atoms with Crippen molar-refractivity contribution in [3.8, 4) is 0 Å². The molecule has 1 rings (SSSR count). The molecule has 0 atom stereocenters. The first-order chi connectivity index (χ1) is 11.2. The maximum absolute atomic E-state index is 12.1. The lowest BCUT2D eigenvalue weighted by Gasteiger charge is -2.41. The van der Waals surface area contributed by atoms with E-state index in [1.807, 2.05) is 20.8 Å². The van der Waals surface area contributed by atoms with E-state index in [9.17, 15) is 9.90 Å². The van der Waals surface area contributed by atoms with Crippen molar-refractivity contribution >= 4 is 6.09 Å². The quantitative estimate of drug-likeness (QED) is 0.715. The number of aliphatic hydroxyl groups is 1.